The number of halogens is 7. The largest absolute Gasteiger partial charge is 0.573 e. The van der Waals surface area contributed by atoms with E-state index < -0.39 is 53.5 Å². The molecule has 4 nitrogen and oxygen atoms in total. The third-order valence-corrected chi connectivity index (χ3v) is 2.68. The molecule has 0 saturated carbocycles. The highest BCUT2D eigenvalue weighted by atomic mass is 35.5. The summed E-state index contributed by atoms with van der Waals surface area (Å²) in [4.78, 5) is 14.4. The Labute approximate surface area is 131 Å². The van der Waals surface area contributed by atoms with E-state index in [0.717, 1.165) is 0 Å². The van der Waals surface area contributed by atoms with E-state index in [2.05, 4.69) is 14.5 Å². The number of hydrogen-bond acceptors (Lipinski definition) is 4. The maximum absolute atomic E-state index is 12.8. The molecule has 23 heavy (non-hydrogen) atoms. The molecule has 0 unspecified atom stereocenters. The van der Waals surface area contributed by atoms with Crippen LogP contribution in [0.4, 0.5) is 26.3 Å². The van der Waals surface area contributed by atoms with Gasteiger partial charge in [0.25, 0.3) is 0 Å². The summed E-state index contributed by atoms with van der Waals surface area (Å²) in [7, 11) is 0. The monoisotopic (exact) mass is 365 g/mol. The SMILES string of the molecule is CCOC(=O)Cc1nc(C(F)(F)F)cc(CCl)c1OC(F)(F)F. The Morgan fingerprint density at radius 1 is 1.26 bits per heavy atom. The molecule has 0 aliphatic rings. The van der Waals surface area contributed by atoms with E-state index in [-0.39, 0.29) is 6.61 Å². The fourth-order valence-corrected chi connectivity index (χ4v) is 1.80. The van der Waals surface area contributed by atoms with E-state index in [1.165, 1.54) is 6.92 Å². The van der Waals surface area contributed by atoms with Crippen LogP contribution in [0.1, 0.15) is 23.9 Å². The molecule has 130 valence electrons. The van der Waals surface area contributed by atoms with Crippen molar-refractivity contribution in [3.05, 3.63) is 23.0 Å². The number of esters is 1. The van der Waals surface area contributed by atoms with Crippen LogP contribution in [0, 0.1) is 0 Å². The molecule has 0 amide bonds. The topological polar surface area (TPSA) is 48.4 Å². The fraction of sp³-hybridized carbons (Fsp3) is 0.500. The summed E-state index contributed by atoms with van der Waals surface area (Å²) >= 11 is 5.39. The van der Waals surface area contributed by atoms with E-state index in [1.54, 1.807) is 0 Å². The van der Waals surface area contributed by atoms with E-state index in [9.17, 15) is 31.1 Å². The molecule has 1 heterocycles. The lowest BCUT2D eigenvalue weighted by atomic mass is 10.1. The molecule has 0 atom stereocenters. The normalized spacial score (nSPS) is 12.2. The van der Waals surface area contributed by atoms with Gasteiger partial charge >= 0.3 is 18.5 Å². The second-order valence-corrected chi connectivity index (χ2v) is 4.37. The number of aromatic nitrogens is 1. The average Bonchev–Trinajstić information content (AvgIpc) is 2.37. The van der Waals surface area contributed by atoms with Crippen LogP contribution in [-0.4, -0.2) is 23.9 Å². The van der Waals surface area contributed by atoms with Gasteiger partial charge in [-0.05, 0) is 13.0 Å². The summed E-state index contributed by atoms with van der Waals surface area (Å²) in [5.41, 5.74) is -2.93. The van der Waals surface area contributed by atoms with E-state index >= 15 is 0 Å². The summed E-state index contributed by atoms with van der Waals surface area (Å²) < 4.78 is 83.7. The minimum Gasteiger partial charge on any atom is -0.466 e. The lowest BCUT2D eigenvalue weighted by Gasteiger charge is -2.17. The lowest BCUT2D eigenvalue weighted by Crippen LogP contribution is -2.22. The maximum Gasteiger partial charge on any atom is 0.573 e. The Bertz CT molecular complexity index is 573. The number of carbonyl (C=O) groups is 1. The molecular weight excluding hydrogens is 356 g/mol. The highest BCUT2D eigenvalue weighted by molar-refractivity contribution is 6.17. The molecule has 1 aromatic rings. The van der Waals surface area contributed by atoms with Crippen molar-refractivity contribution < 1.29 is 40.6 Å². The highest BCUT2D eigenvalue weighted by Gasteiger charge is 2.38. The zero-order chi connectivity index (χ0) is 17.8. The molecule has 0 fully saturated rings. The van der Waals surface area contributed by atoms with Gasteiger partial charge in [-0.3, -0.25) is 4.79 Å². The summed E-state index contributed by atoms with van der Waals surface area (Å²) in [6.07, 6.45) is -11.0. The Hall–Kier alpha value is -1.71. The average molecular weight is 366 g/mol. The molecule has 0 bridgehead atoms. The minimum absolute atomic E-state index is 0.102. The second kappa shape index (κ2) is 7.24. The van der Waals surface area contributed by atoms with Gasteiger partial charge in [-0.2, -0.15) is 13.2 Å². The molecule has 0 aliphatic heterocycles. The first-order chi connectivity index (χ1) is 10.5. The summed E-state index contributed by atoms with van der Waals surface area (Å²) in [5, 5.41) is 0. The standard InChI is InChI=1S/C12H10ClF6NO3/c1-2-22-9(21)4-7-10(23-12(17,18)19)6(5-13)3-8(20-7)11(14,15)16/h3H,2,4-5H2,1H3. The Balaban J connectivity index is 3.41. The molecule has 1 rings (SSSR count). The van der Waals surface area contributed by atoms with Crippen molar-refractivity contribution in [1.29, 1.82) is 0 Å². The predicted octanol–water partition coefficient (Wildman–Crippen LogP) is 3.84. The molecule has 0 radical (unpaired) electrons. The highest BCUT2D eigenvalue weighted by Crippen LogP contribution is 2.36. The van der Waals surface area contributed by atoms with Crippen molar-refractivity contribution in [3.8, 4) is 5.75 Å². The third-order valence-electron chi connectivity index (χ3n) is 2.39. The van der Waals surface area contributed by atoms with E-state index in [0.29, 0.717) is 6.07 Å². The zero-order valence-corrected chi connectivity index (χ0v) is 12.3. The van der Waals surface area contributed by atoms with Crippen molar-refractivity contribution >= 4 is 17.6 Å². The number of ether oxygens (including phenoxy) is 2. The number of pyridine rings is 1. The smallest absolute Gasteiger partial charge is 0.466 e. The van der Waals surface area contributed by atoms with Crippen LogP contribution in [-0.2, 0) is 28.0 Å². The number of alkyl halides is 7. The number of carbonyl (C=O) groups excluding carboxylic acids is 1. The van der Waals surface area contributed by atoms with Crippen molar-refractivity contribution in [3.63, 3.8) is 0 Å². The van der Waals surface area contributed by atoms with Crippen LogP contribution in [0.5, 0.6) is 5.75 Å². The number of hydrogen-bond donors (Lipinski definition) is 0. The first-order valence-corrected chi connectivity index (χ1v) is 6.58. The molecule has 0 N–H and O–H groups in total. The van der Waals surface area contributed by atoms with Crippen LogP contribution in [0.15, 0.2) is 6.07 Å². The van der Waals surface area contributed by atoms with Crippen LogP contribution >= 0.6 is 11.6 Å². The zero-order valence-electron chi connectivity index (χ0n) is 11.5. The van der Waals surface area contributed by atoms with Gasteiger partial charge < -0.3 is 9.47 Å². The molecule has 0 spiro atoms. The lowest BCUT2D eigenvalue weighted by molar-refractivity contribution is -0.275. The summed E-state index contributed by atoms with van der Waals surface area (Å²) in [6, 6.07) is 0.336. The van der Waals surface area contributed by atoms with Crippen molar-refractivity contribution in [2.45, 2.75) is 31.8 Å². The van der Waals surface area contributed by atoms with Crippen LogP contribution in [0.2, 0.25) is 0 Å². The van der Waals surface area contributed by atoms with Gasteiger partial charge in [0.15, 0.2) is 5.75 Å². The third kappa shape index (κ3) is 5.77. The van der Waals surface area contributed by atoms with E-state index in [4.69, 9.17) is 11.6 Å². The van der Waals surface area contributed by atoms with Crippen LogP contribution < -0.4 is 4.74 Å². The predicted molar refractivity (Wildman–Crippen MR) is 65.8 cm³/mol. The quantitative estimate of drug-likeness (QED) is 0.452. The minimum atomic E-state index is -5.19. The first kappa shape index (κ1) is 19.3. The van der Waals surface area contributed by atoms with Crippen LogP contribution in [0.3, 0.4) is 0 Å². The van der Waals surface area contributed by atoms with Crippen molar-refractivity contribution in [2.75, 3.05) is 6.61 Å². The van der Waals surface area contributed by atoms with Gasteiger partial charge in [-0.25, -0.2) is 4.98 Å². The summed E-state index contributed by atoms with van der Waals surface area (Å²) in [6.45, 7) is 1.32. The Morgan fingerprint density at radius 3 is 2.30 bits per heavy atom. The number of rotatable bonds is 5. The second-order valence-electron chi connectivity index (χ2n) is 4.10. The molecule has 0 saturated heterocycles. The van der Waals surface area contributed by atoms with Gasteiger partial charge in [-0.1, -0.05) is 0 Å². The van der Waals surface area contributed by atoms with Gasteiger partial charge in [-0.15, -0.1) is 24.8 Å². The van der Waals surface area contributed by atoms with Gasteiger partial charge in [0.1, 0.15) is 5.69 Å². The molecule has 11 heteroatoms. The fourth-order valence-electron chi connectivity index (χ4n) is 1.60. The van der Waals surface area contributed by atoms with Crippen molar-refractivity contribution in [1.82, 2.24) is 4.98 Å². The Kier molecular flexibility index (Phi) is 6.09. The molecule has 0 aromatic carbocycles. The number of nitrogens with zero attached hydrogens (tertiary/aromatic N) is 1. The first-order valence-electron chi connectivity index (χ1n) is 6.05. The maximum atomic E-state index is 12.8. The van der Waals surface area contributed by atoms with Gasteiger partial charge in [0.2, 0.25) is 0 Å². The van der Waals surface area contributed by atoms with E-state index in [1.807, 2.05) is 0 Å². The Morgan fingerprint density at radius 2 is 1.87 bits per heavy atom. The molecule has 1 aromatic heterocycles. The van der Waals surface area contributed by atoms with Gasteiger partial charge in [0, 0.05) is 5.56 Å². The molecular formula is C12H10ClF6NO3. The summed E-state index contributed by atoms with van der Waals surface area (Å²) in [5.74, 6) is -2.78. The van der Waals surface area contributed by atoms with Crippen LogP contribution in [0.25, 0.3) is 0 Å². The molecule has 0 aliphatic carbocycles. The van der Waals surface area contributed by atoms with Gasteiger partial charge in [0.05, 0.1) is 24.6 Å². The van der Waals surface area contributed by atoms with Crippen molar-refractivity contribution in [2.24, 2.45) is 0 Å².